The highest BCUT2D eigenvalue weighted by atomic mass is 16.5. The lowest BCUT2D eigenvalue weighted by molar-refractivity contribution is -0.150. The predicted molar refractivity (Wildman–Crippen MR) is 96.7 cm³/mol. The Labute approximate surface area is 150 Å². The summed E-state index contributed by atoms with van der Waals surface area (Å²) in [4.78, 5) is 26.1. The molecule has 2 rings (SSSR count). The number of methoxy groups -OCH3 is 1. The number of carbonyl (C=O) groups is 2. The molecule has 0 unspecified atom stereocenters. The van der Waals surface area contributed by atoms with Gasteiger partial charge in [0.15, 0.2) is 6.10 Å². The molecule has 0 bridgehead atoms. The zero-order chi connectivity index (χ0) is 18.6. The highest BCUT2D eigenvalue weighted by Gasteiger charge is 2.30. The number of benzene rings is 1. The smallest absolute Gasteiger partial charge is 0.308 e. The molecule has 1 aliphatic rings. The first-order chi connectivity index (χ1) is 11.8. The number of rotatable bonds is 5. The molecule has 1 heterocycles. The Hall–Kier alpha value is -2.04. The summed E-state index contributed by atoms with van der Waals surface area (Å²) in [6, 6.07) is 6.11. The van der Waals surface area contributed by atoms with Crippen molar-refractivity contribution >= 4 is 11.9 Å². The van der Waals surface area contributed by atoms with Gasteiger partial charge < -0.3 is 14.4 Å². The number of nitrogens with zero attached hydrogens (tertiary/aromatic N) is 1. The number of carbonyl (C=O) groups excluding carboxylic acids is 2. The summed E-state index contributed by atoms with van der Waals surface area (Å²) >= 11 is 0. The number of aryl methyl sites for hydroxylation is 1. The van der Waals surface area contributed by atoms with Crippen LogP contribution in [-0.4, -0.2) is 43.1 Å². The van der Waals surface area contributed by atoms with Gasteiger partial charge in [0.05, 0.1) is 13.0 Å². The van der Waals surface area contributed by atoms with Crippen LogP contribution in [-0.2, 0) is 14.3 Å². The molecule has 0 saturated carbocycles. The molecule has 0 aromatic heterocycles. The molecule has 25 heavy (non-hydrogen) atoms. The Balaban J connectivity index is 2.00. The van der Waals surface area contributed by atoms with Gasteiger partial charge in [-0.2, -0.15) is 0 Å². The molecule has 0 aliphatic carbocycles. The second-order valence-electron chi connectivity index (χ2n) is 7.08. The quantitative estimate of drug-likeness (QED) is 0.767. The summed E-state index contributed by atoms with van der Waals surface area (Å²) in [5, 5.41) is 0. The van der Waals surface area contributed by atoms with Crippen LogP contribution in [0, 0.1) is 12.8 Å². The molecular formula is C20H29NO4. The van der Waals surface area contributed by atoms with E-state index < -0.39 is 6.10 Å². The molecule has 1 saturated heterocycles. The van der Waals surface area contributed by atoms with Crippen LogP contribution in [0.2, 0.25) is 0 Å². The third kappa shape index (κ3) is 4.74. The largest absolute Gasteiger partial charge is 0.481 e. The second kappa shape index (κ2) is 8.37. The maximum atomic E-state index is 12.7. The first kappa shape index (κ1) is 19.3. The van der Waals surface area contributed by atoms with Crippen LogP contribution < -0.4 is 4.74 Å². The topological polar surface area (TPSA) is 55.8 Å². The molecule has 1 aromatic rings. The Morgan fingerprint density at radius 3 is 2.36 bits per heavy atom. The van der Waals surface area contributed by atoms with E-state index in [1.807, 2.05) is 13.0 Å². The van der Waals surface area contributed by atoms with Gasteiger partial charge in [-0.25, -0.2) is 0 Å². The lowest BCUT2D eigenvalue weighted by Gasteiger charge is -2.32. The molecule has 0 spiro atoms. The highest BCUT2D eigenvalue weighted by molar-refractivity contribution is 5.81. The number of piperidine rings is 1. The van der Waals surface area contributed by atoms with E-state index >= 15 is 0 Å². The molecule has 1 atom stereocenters. The van der Waals surface area contributed by atoms with Crippen LogP contribution in [0.1, 0.15) is 50.7 Å². The van der Waals surface area contributed by atoms with Crippen LogP contribution in [0.15, 0.2) is 18.2 Å². The summed E-state index contributed by atoms with van der Waals surface area (Å²) < 4.78 is 10.8. The van der Waals surface area contributed by atoms with Gasteiger partial charge in [0.2, 0.25) is 0 Å². The van der Waals surface area contributed by atoms with E-state index in [0.717, 1.165) is 16.9 Å². The van der Waals surface area contributed by atoms with Crippen LogP contribution >= 0.6 is 0 Å². The Morgan fingerprint density at radius 1 is 1.16 bits per heavy atom. The average Bonchev–Trinajstić information content (AvgIpc) is 2.60. The molecule has 138 valence electrons. The van der Waals surface area contributed by atoms with Gasteiger partial charge >= 0.3 is 5.97 Å². The highest BCUT2D eigenvalue weighted by Crippen LogP contribution is 2.29. The molecule has 1 aliphatic heterocycles. The van der Waals surface area contributed by atoms with Gasteiger partial charge in [-0.15, -0.1) is 0 Å². The normalized spacial score (nSPS) is 16.6. The van der Waals surface area contributed by atoms with Crippen molar-refractivity contribution in [3.63, 3.8) is 0 Å². The van der Waals surface area contributed by atoms with Crippen molar-refractivity contribution in [1.82, 2.24) is 4.90 Å². The zero-order valence-corrected chi connectivity index (χ0v) is 15.9. The fraction of sp³-hybridized carbons (Fsp3) is 0.600. The predicted octanol–water partition coefficient (Wildman–Crippen LogP) is 3.30. The summed E-state index contributed by atoms with van der Waals surface area (Å²) in [6.07, 6.45) is 0.744. The first-order valence-corrected chi connectivity index (χ1v) is 8.97. The molecule has 1 amide bonds. The molecule has 0 radical (unpaired) electrons. The maximum Gasteiger partial charge on any atom is 0.308 e. The fourth-order valence-electron chi connectivity index (χ4n) is 3.22. The van der Waals surface area contributed by atoms with Gasteiger partial charge in [-0.05, 0) is 49.8 Å². The molecule has 5 nitrogen and oxygen atoms in total. The average molecular weight is 347 g/mol. The molecule has 5 heteroatoms. The van der Waals surface area contributed by atoms with Crippen molar-refractivity contribution in [1.29, 1.82) is 0 Å². The van der Waals surface area contributed by atoms with E-state index in [2.05, 4.69) is 26.0 Å². The number of ether oxygens (including phenoxy) is 2. The number of esters is 1. The van der Waals surface area contributed by atoms with Gasteiger partial charge in [0, 0.05) is 13.1 Å². The van der Waals surface area contributed by atoms with Crippen LogP contribution in [0.5, 0.6) is 5.75 Å². The Kier molecular flexibility index (Phi) is 6.45. The standard InChI is InChI=1S/C20H29NO4/c1-13(2)17-7-6-14(3)12-18(17)25-15(4)19(22)21-10-8-16(9-11-21)20(23)24-5/h6-7,12-13,15-16H,8-11H2,1-5H3/t15-/m0/s1. The van der Waals surface area contributed by atoms with E-state index in [4.69, 9.17) is 9.47 Å². The van der Waals surface area contributed by atoms with Crippen molar-refractivity contribution in [3.8, 4) is 5.75 Å². The van der Waals surface area contributed by atoms with Crippen LogP contribution in [0.25, 0.3) is 0 Å². The Morgan fingerprint density at radius 2 is 1.80 bits per heavy atom. The van der Waals surface area contributed by atoms with Crippen LogP contribution in [0.4, 0.5) is 0 Å². The monoisotopic (exact) mass is 347 g/mol. The minimum absolute atomic E-state index is 0.0282. The molecule has 0 N–H and O–H groups in total. The van der Waals surface area contributed by atoms with E-state index in [1.54, 1.807) is 11.8 Å². The Bertz CT molecular complexity index is 618. The third-order valence-corrected chi connectivity index (χ3v) is 4.78. The molecule has 1 aromatic carbocycles. The lowest BCUT2D eigenvalue weighted by Crippen LogP contribution is -2.45. The maximum absolute atomic E-state index is 12.7. The van der Waals surface area contributed by atoms with Gasteiger partial charge in [-0.3, -0.25) is 9.59 Å². The molecule has 1 fully saturated rings. The van der Waals surface area contributed by atoms with Gasteiger partial charge in [0.1, 0.15) is 5.75 Å². The zero-order valence-electron chi connectivity index (χ0n) is 15.9. The molecular weight excluding hydrogens is 318 g/mol. The van der Waals surface area contributed by atoms with E-state index in [0.29, 0.717) is 31.8 Å². The first-order valence-electron chi connectivity index (χ1n) is 8.97. The van der Waals surface area contributed by atoms with E-state index in [1.165, 1.54) is 7.11 Å². The summed E-state index contributed by atoms with van der Waals surface area (Å²) in [6.45, 7) is 9.17. The van der Waals surface area contributed by atoms with E-state index in [-0.39, 0.29) is 17.8 Å². The SMILES string of the molecule is COC(=O)C1CCN(C(=O)[C@H](C)Oc2cc(C)ccc2C(C)C)CC1. The number of likely N-dealkylation sites (tertiary alicyclic amines) is 1. The number of hydrogen-bond acceptors (Lipinski definition) is 4. The van der Waals surface area contributed by atoms with Gasteiger partial charge in [0.25, 0.3) is 5.91 Å². The summed E-state index contributed by atoms with van der Waals surface area (Å²) in [5.74, 6) is 0.792. The van der Waals surface area contributed by atoms with E-state index in [9.17, 15) is 9.59 Å². The van der Waals surface area contributed by atoms with Crippen molar-refractivity contribution < 1.29 is 19.1 Å². The van der Waals surface area contributed by atoms with Crippen molar-refractivity contribution in [3.05, 3.63) is 29.3 Å². The van der Waals surface area contributed by atoms with Crippen LogP contribution in [0.3, 0.4) is 0 Å². The summed E-state index contributed by atoms with van der Waals surface area (Å²) in [5.41, 5.74) is 2.22. The second-order valence-corrected chi connectivity index (χ2v) is 7.08. The van der Waals surface area contributed by atoms with Crippen molar-refractivity contribution in [2.45, 2.75) is 52.6 Å². The van der Waals surface area contributed by atoms with Gasteiger partial charge in [-0.1, -0.05) is 26.0 Å². The number of amides is 1. The minimum Gasteiger partial charge on any atom is -0.481 e. The minimum atomic E-state index is -0.547. The summed E-state index contributed by atoms with van der Waals surface area (Å²) in [7, 11) is 1.41. The number of hydrogen-bond donors (Lipinski definition) is 0. The fourth-order valence-corrected chi connectivity index (χ4v) is 3.22. The third-order valence-electron chi connectivity index (χ3n) is 4.78. The lowest BCUT2D eigenvalue weighted by atomic mass is 9.96. The van der Waals surface area contributed by atoms with Crippen molar-refractivity contribution in [2.24, 2.45) is 5.92 Å². The van der Waals surface area contributed by atoms with Crippen molar-refractivity contribution in [2.75, 3.05) is 20.2 Å².